The molecule has 0 fully saturated rings. The summed E-state index contributed by atoms with van der Waals surface area (Å²) < 4.78 is 62.3. The van der Waals surface area contributed by atoms with Gasteiger partial charge in [-0.2, -0.15) is 0 Å². The van der Waals surface area contributed by atoms with Crippen molar-refractivity contribution in [2.24, 2.45) is 0 Å². The predicted octanol–water partition coefficient (Wildman–Crippen LogP) is 8.40. The van der Waals surface area contributed by atoms with Crippen LogP contribution in [0.3, 0.4) is 0 Å². The Kier molecular flexibility index (Phi) is 13.1. The van der Waals surface area contributed by atoms with Crippen molar-refractivity contribution in [1.82, 2.24) is 9.44 Å². The zero-order valence-corrected chi connectivity index (χ0v) is 34.0. The van der Waals surface area contributed by atoms with Crippen molar-refractivity contribution in [1.29, 1.82) is 0 Å². The van der Waals surface area contributed by atoms with Crippen molar-refractivity contribution in [2.75, 3.05) is 31.9 Å². The molecule has 0 saturated heterocycles. The van der Waals surface area contributed by atoms with Gasteiger partial charge in [-0.25, -0.2) is 45.5 Å². The van der Waals surface area contributed by atoms with Crippen LogP contribution in [0.5, 0.6) is 11.5 Å². The number of ether oxygens (including phenoxy) is 1. The van der Waals surface area contributed by atoms with Crippen LogP contribution in [0.4, 0.5) is 53.3 Å². The Hall–Kier alpha value is -7.90. The van der Waals surface area contributed by atoms with Gasteiger partial charge in [0.2, 0.25) is 0 Å². The average molecular weight is 863 g/mol. The van der Waals surface area contributed by atoms with Crippen LogP contribution in [0.25, 0.3) is 0 Å². The summed E-state index contributed by atoms with van der Waals surface area (Å²) in [6.07, 6.45) is 0. The molecule has 61 heavy (non-hydrogen) atoms. The van der Waals surface area contributed by atoms with E-state index in [0.29, 0.717) is 22.9 Å². The van der Waals surface area contributed by atoms with E-state index >= 15 is 0 Å². The minimum Gasteiger partial charge on any atom is -0.457 e. The van der Waals surface area contributed by atoms with E-state index in [1.165, 1.54) is 97.1 Å². The van der Waals surface area contributed by atoms with E-state index in [0.717, 1.165) is 11.1 Å². The number of benzene rings is 6. The summed E-state index contributed by atoms with van der Waals surface area (Å²) in [6, 6.07) is 33.7. The summed E-state index contributed by atoms with van der Waals surface area (Å²) in [5.41, 5.74) is 3.34. The lowest BCUT2D eigenvalue weighted by molar-refractivity contribution is 0.255. The van der Waals surface area contributed by atoms with Gasteiger partial charge in [-0.3, -0.25) is 0 Å². The Morgan fingerprint density at radius 2 is 0.672 bits per heavy atom. The molecular formula is C42H38N8O9S2. The summed E-state index contributed by atoms with van der Waals surface area (Å²) >= 11 is 0. The number of para-hydroxylation sites is 2. The number of aryl methyl sites for hydroxylation is 2. The van der Waals surface area contributed by atoms with E-state index < -0.39 is 44.2 Å². The van der Waals surface area contributed by atoms with E-state index in [1.807, 2.05) is 23.3 Å². The predicted molar refractivity (Wildman–Crippen MR) is 232 cm³/mol. The Morgan fingerprint density at radius 3 is 1.02 bits per heavy atom. The topological polar surface area (TPSA) is 242 Å². The van der Waals surface area contributed by atoms with Gasteiger partial charge in [-0.05, 0) is 111 Å². The third-order valence-electron chi connectivity index (χ3n) is 8.38. The summed E-state index contributed by atoms with van der Waals surface area (Å²) in [7, 11) is -8.87. The second-order valence-corrected chi connectivity index (χ2v) is 16.5. The largest absolute Gasteiger partial charge is 0.457 e. The number of anilines is 6. The lowest BCUT2D eigenvalue weighted by Gasteiger charge is -2.14. The number of urea groups is 4. The van der Waals surface area contributed by atoms with Crippen LogP contribution in [-0.4, -0.2) is 41.0 Å². The van der Waals surface area contributed by atoms with Crippen molar-refractivity contribution < 1.29 is 40.8 Å². The van der Waals surface area contributed by atoms with Gasteiger partial charge in [-0.15, -0.1) is 0 Å². The third kappa shape index (κ3) is 12.1. The van der Waals surface area contributed by atoms with E-state index in [2.05, 4.69) is 31.9 Å². The fourth-order valence-electron chi connectivity index (χ4n) is 5.47. The van der Waals surface area contributed by atoms with E-state index in [4.69, 9.17) is 4.74 Å². The fraction of sp³-hybridized carbons (Fsp3) is 0.0476. The van der Waals surface area contributed by atoms with E-state index in [9.17, 15) is 36.0 Å². The Bertz CT molecular complexity index is 2590. The molecule has 0 aliphatic heterocycles. The normalized spacial score (nSPS) is 11.0. The second kappa shape index (κ2) is 18.8. The highest BCUT2D eigenvalue weighted by atomic mass is 32.2. The summed E-state index contributed by atoms with van der Waals surface area (Å²) in [4.78, 5) is 50.0. The summed E-state index contributed by atoms with van der Waals surface area (Å²) in [5.74, 6) is 0.679. The molecule has 17 nitrogen and oxygen atoms in total. The maximum Gasteiger partial charge on any atom is 0.333 e. The Morgan fingerprint density at radius 1 is 0.377 bits per heavy atom. The molecule has 0 aliphatic carbocycles. The fourth-order valence-corrected chi connectivity index (χ4v) is 7.61. The third-order valence-corrected chi connectivity index (χ3v) is 11.2. The van der Waals surface area contributed by atoms with Gasteiger partial charge in [0.25, 0.3) is 20.0 Å². The zero-order valence-electron chi connectivity index (χ0n) is 32.3. The van der Waals surface area contributed by atoms with Crippen molar-refractivity contribution in [3.05, 3.63) is 157 Å². The average Bonchev–Trinajstić information content (AvgIpc) is 3.21. The minimum absolute atomic E-state index is 0.0538. The van der Waals surface area contributed by atoms with E-state index in [1.54, 1.807) is 48.5 Å². The molecule has 312 valence electrons. The molecule has 0 radical (unpaired) electrons. The molecule has 0 aliphatic rings. The molecular weight excluding hydrogens is 825 g/mol. The van der Waals surface area contributed by atoms with Gasteiger partial charge in [-0.1, -0.05) is 59.7 Å². The molecule has 0 heterocycles. The van der Waals surface area contributed by atoms with Gasteiger partial charge in [0, 0.05) is 22.7 Å². The van der Waals surface area contributed by atoms with Crippen LogP contribution >= 0.6 is 0 Å². The highest BCUT2D eigenvalue weighted by Gasteiger charge is 2.24. The lowest BCUT2D eigenvalue weighted by Crippen LogP contribution is -2.35. The van der Waals surface area contributed by atoms with Gasteiger partial charge < -0.3 is 36.6 Å². The highest BCUT2D eigenvalue weighted by Crippen LogP contribution is 2.26. The number of sulfonamides is 2. The molecule has 8 amide bonds. The highest BCUT2D eigenvalue weighted by molar-refractivity contribution is 7.90. The van der Waals surface area contributed by atoms with Crippen molar-refractivity contribution >= 4 is 78.3 Å². The Balaban J connectivity index is 0.986. The van der Waals surface area contributed by atoms with Gasteiger partial charge in [0.05, 0.1) is 11.4 Å². The number of nitrogens with one attached hydrogen (secondary N) is 8. The number of rotatable bonds is 12. The Labute approximate surface area is 351 Å². The standard InChI is InChI=1S/C42H38N8O9S2/c1-27-11-15-29(16-12-27)43-39(51)47-35-7-3-5-9-37(35)60(55,56)49-41(53)45-31-19-23-33(24-20-31)59-34-25-21-32(22-26-34)46-42(54)50-61(57,58)38-10-6-4-8-36(38)48-40(52)44-30-17-13-28(2)14-18-30/h3-26H,1-2H3,(H2,43,47,51)(H2,44,48,52)(H2,45,49,53)(H2,46,50,54). The number of amides is 8. The first-order valence-electron chi connectivity index (χ1n) is 18.1. The van der Waals surface area contributed by atoms with Crippen molar-refractivity contribution in [3.8, 4) is 11.5 Å². The maximum atomic E-state index is 13.2. The van der Waals surface area contributed by atoms with Crippen LogP contribution in [0, 0.1) is 13.8 Å². The molecule has 0 unspecified atom stereocenters. The molecule has 0 aromatic heterocycles. The van der Waals surface area contributed by atoms with Gasteiger partial charge >= 0.3 is 24.1 Å². The molecule has 0 bridgehead atoms. The first kappa shape index (κ1) is 42.7. The quantitative estimate of drug-likeness (QED) is 0.0588. The molecule has 0 spiro atoms. The minimum atomic E-state index is -4.44. The number of hydrogen-bond donors (Lipinski definition) is 8. The van der Waals surface area contributed by atoms with Crippen LogP contribution in [0.1, 0.15) is 11.1 Å². The van der Waals surface area contributed by atoms with Crippen LogP contribution in [0.15, 0.2) is 155 Å². The van der Waals surface area contributed by atoms with Gasteiger partial charge in [0.15, 0.2) is 0 Å². The second-order valence-electron chi connectivity index (χ2n) is 13.2. The number of hydrogen-bond acceptors (Lipinski definition) is 9. The van der Waals surface area contributed by atoms with Gasteiger partial charge in [0.1, 0.15) is 21.3 Å². The molecule has 19 heteroatoms. The molecule has 8 N–H and O–H groups in total. The molecule has 6 rings (SSSR count). The smallest absolute Gasteiger partial charge is 0.333 e. The molecule has 6 aromatic rings. The summed E-state index contributed by atoms with van der Waals surface area (Å²) in [5, 5.41) is 15.1. The lowest BCUT2D eigenvalue weighted by atomic mass is 10.2. The first-order chi connectivity index (χ1) is 29.1. The van der Waals surface area contributed by atoms with Crippen LogP contribution in [-0.2, 0) is 20.0 Å². The van der Waals surface area contributed by atoms with Crippen molar-refractivity contribution in [2.45, 2.75) is 23.6 Å². The monoisotopic (exact) mass is 862 g/mol. The molecule has 6 aromatic carbocycles. The van der Waals surface area contributed by atoms with E-state index in [-0.39, 0.29) is 32.5 Å². The molecule has 0 atom stereocenters. The van der Waals surface area contributed by atoms with Crippen LogP contribution < -0.4 is 46.1 Å². The number of carbonyl (C=O) groups is 4. The van der Waals surface area contributed by atoms with Crippen molar-refractivity contribution in [3.63, 3.8) is 0 Å². The first-order valence-corrected chi connectivity index (χ1v) is 21.1. The van der Waals surface area contributed by atoms with Crippen LogP contribution in [0.2, 0.25) is 0 Å². The number of carbonyl (C=O) groups excluding carboxylic acids is 4. The SMILES string of the molecule is Cc1ccc(NC(=O)Nc2ccccc2S(=O)(=O)NC(=O)Nc2ccc(Oc3ccc(NC(=O)NS(=O)(=O)c4ccccc4NC(=O)Nc4ccc(C)cc4)cc3)cc2)cc1. The zero-order chi connectivity index (χ0) is 43.6. The summed E-state index contributed by atoms with van der Waals surface area (Å²) in [6.45, 7) is 3.79. The maximum absolute atomic E-state index is 13.2. The molecule has 0 saturated carbocycles.